The molecule has 0 radical (unpaired) electrons. The minimum atomic E-state index is -4.54. The summed E-state index contributed by atoms with van der Waals surface area (Å²) in [4.78, 5) is 24.3. The van der Waals surface area contributed by atoms with E-state index in [1.54, 1.807) is 36.7 Å². The van der Waals surface area contributed by atoms with Crippen molar-refractivity contribution in [1.29, 1.82) is 0 Å². The van der Waals surface area contributed by atoms with Crippen LogP contribution in [0.25, 0.3) is 5.70 Å². The van der Waals surface area contributed by atoms with Gasteiger partial charge in [0.15, 0.2) is 0 Å². The number of hydrogen-bond acceptors (Lipinski definition) is 8. The first-order valence-corrected chi connectivity index (χ1v) is 14.7. The van der Waals surface area contributed by atoms with Crippen LogP contribution in [0.5, 0.6) is 0 Å². The van der Waals surface area contributed by atoms with Crippen LogP contribution in [0, 0.1) is 6.92 Å². The highest BCUT2D eigenvalue weighted by Gasteiger charge is 2.31. The van der Waals surface area contributed by atoms with Crippen LogP contribution in [-0.4, -0.2) is 67.0 Å². The fraction of sp³-hybridized carbons (Fsp3) is 0.375. The number of nitrogens with zero attached hydrogens (tertiary/aromatic N) is 5. The van der Waals surface area contributed by atoms with E-state index >= 15 is 0 Å². The fourth-order valence-corrected chi connectivity index (χ4v) is 5.57. The molecule has 0 atom stereocenters. The number of carbonyl (C=O) groups excluding carboxylic acids is 1. The molecule has 3 heterocycles. The number of halogens is 3. The molecule has 1 amide bonds. The number of likely N-dealkylation sites (tertiary alicyclic amines) is 1. The Bertz CT molecular complexity index is 1510. The molecule has 9 nitrogen and oxygen atoms in total. The van der Waals surface area contributed by atoms with E-state index in [0.717, 1.165) is 75.5 Å². The van der Waals surface area contributed by atoms with E-state index in [2.05, 4.69) is 32.0 Å². The third-order valence-electron chi connectivity index (χ3n) is 8.14. The Labute approximate surface area is 255 Å². The molecule has 2 saturated heterocycles. The summed E-state index contributed by atoms with van der Waals surface area (Å²) in [5.41, 5.74) is 9.82. The van der Waals surface area contributed by atoms with Gasteiger partial charge in [0, 0.05) is 61.9 Å². The largest absolute Gasteiger partial charge is 0.416 e. The molecule has 0 bridgehead atoms. The zero-order chi connectivity index (χ0) is 31.4. The van der Waals surface area contributed by atoms with E-state index in [0.29, 0.717) is 29.1 Å². The van der Waals surface area contributed by atoms with Gasteiger partial charge in [-0.2, -0.15) is 13.2 Å². The van der Waals surface area contributed by atoms with Crippen LogP contribution in [0.1, 0.15) is 45.5 Å². The number of nitrogens with one attached hydrogen (secondary N) is 1. The van der Waals surface area contributed by atoms with Gasteiger partial charge in [-0.1, -0.05) is 6.07 Å². The summed E-state index contributed by atoms with van der Waals surface area (Å²) in [6, 6.07) is 10.6. The van der Waals surface area contributed by atoms with Crippen LogP contribution in [0.2, 0.25) is 0 Å². The normalized spacial score (nSPS) is 16.8. The van der Waals surface area contributed by atoms with Gasteiger partial charge in [0.25, 0.3) is 5.91 Å². The molecule has 0 spiro atoms. The lowest BCUT2D eigenvalue weighted by Gasteiger charge is -2.34. The van der Waals surface area contributed by atoms with Crippen LogP contribution in [0.3, 0.4) is 0 Å². The summed E-state index contributed by atoms with van der Waals surface area (Å²) in [5, 5.41) is 3.99. The number of hydrazine groups is 1. The molecule has 0 aliphatic carbocycles. The topological polar surface area (TPSA) is 107 Å². The molecule has 2 fully saturated rings. The summed E-state index contributed by atoms with van der Waals surface area (Å²) >= 11 is 0. The molecule has 3 aromatic rings. The third kappa shape index (κ3) is 7.68. The number of benzene rings is 2. The first kappa shape index (κ1) is 31.3. The van der Waals surface area contributed by atoms with Crippen molar-refractivity contribution in [2.45, 2.75) is 32.5 Å². The second kappa shape index (κ2) is 13.2. The predicted octanol–water partition coefficient (Wildman–Crippen LogP) is 4.65. The van der Waals surface area contributed by atoms with Gasteiger partial charge in [-0.15, -0.1) is 0 Å². The second-order valence-corrected chi connectivity index (χ2v) is 11.6. The molecule has 0 saturated carbocycles. The number of nitrogens with two attached hydrogens (primary N) is 2. The molecule has 1 aromatic heterocycles. The maximum absolute atomic E-state index is 13.7. The minimum absolute atomic E-state index is 0.0858. The Hall–Kier alpha value is -4.13. The lowest BCUT2D eigenvalue weighted by molar-refractivity contribution is -0.137. The van der Waals surface area contributed by atoms with E-state index in [9.17, 15) is 18.0 Å². The maximum Gasteiger partial charge on any atom is 0.416 e. The van der Waals surface area contributed by atoms with Crippen LogP contribution >= 0.6 is 0 Å². The van der Waals surface area contributed by atoms with E-state index in [4.69, 9.17) is 11.6 Å². The van der Waals surface area contributed by atoms with Crippen molar-refractivity contribution in [1.82, 2.24) is 14.8 Å². The van der Waals surface area contributed by atoms with Crippen LogP contribution in [0.15, 0.2) is 61.1 Å². The van der Waals surface area contributed by atoms with Gasteiger partial charge < -0.3 is 20.9 Å². The number of aryl methyl sites for hydroxylation is 1. The maximum atomic E-state index is 13.7. The number of likely N-dealkylation sites (N-methyl/N-ethyl adjacent to an activating group) is 1. The molecule has 0 unspecified atom stereocenters. The van der Waals surface area contributed by atoms with E-state index < -0.39 is 17.6 Å². The average molecular weight is 609 g/mol. The van der Waals surface area contributed by atoms with Crippen molar-refractivity contribution in [2.75, 3.05) is 61.5 Å². The summed E-state index contributed by atoms with van der Waals surface area (Å²) in [7, 11) is 2.10. The smallest absolute Gasteiger partial charge is 0.397 e. The van der Waals surface area contributed by atoms with Crippen LogP contribution < -0.4 is 26.8 Å². The molecule has 5 N–H and O–H groups in total. The summed E-state index contributed by atoms with van der Waals surface area (Å²) in [6.45, 7) is 7.63. The SMILES string of the molecule is Cc1ccc(C(=O)Nc2cc(CN3CCCC3)cc(C(F)(F)F)c2)cc1N(N)/C=C(\N)c1cncc(N2CCN(C)CC2)c1. The van der Waals surface area contributed by atoms with Crippen molar-refractivity contribution in [3.05, 3.63) is 88.9 Å². The Morgan fingerprint density at radius 2 is 1.73 bits per heavy atom. The summed E-state index contributed by atoms with van der Waals surface area (Å²) in [6.07, 6.45) is 2.56. The van der Waals surface area contributed by atoms with Gasteiger partial charge in [-0.05, 0) is 87.4 Å². The number of piperazine rings is 1. The molecule has 12 heteroatoms. The molecule has 5 rings (SSSR count). The third-order valence-corrected chi connectivity index (χ3v) is 8.14. The quantitative estimate of drug-likeness (QED) is 0.251. The molecule has 2 aromatic carbocycles. The van der Waals surface area contributed by atoms with E-state index in [1.807, 2.05) is 19.2 Å². The van der Waals surface area contributed by atoms with Crippen molar-refractivity contribution < 1.29 is 18.0 Å². The van der Waals surface area contributed by atoms with Gasteiger partial charge in [-0.3, -0.25) is 19.7 Å². The van der Waals surface area contributed by atoms with Crippen molar-refractivity contribution >= 4 is 28.7 Å². The Morgan fingerprint density at radius 3 is 2.43 bits per heavy atom. The first-order valence-electron chi connectivity index (χ1n) is 14.7. The standard InChI is InChI=1S/C32H39F3N8O/c1-22-5-6-24(31(44)39-27-14-23(20-41-7-3-4-8-41)13-26(17-27)32(33,34)35)16-30(22)43(37)21-29(36)25-15-28(19-38-18-25)42-11-9-40(2)10-12-42/h5-6,13-19,21H,3-4,7-12,20,36-37H2,1-2H3,(H,39,44)/b29-21-. The molecular weight excluding hydrogens is 569 g/mol. The number of alkyl halides is 3. The number of hydrogen-bond donors (Lipinski definition) is 3. The van der Waals surface area contributed by atoms with Crippen LogP contribution in [0.4, 0.5) is 30.2 Å². The van der Waals surface area contributed by atoms with Crippen molar-refractivity contribution in [3.8, 4) is 0 Å². The van der Waals surface area contributed by atoms with Gasteiger partial charge in [0.2, 0.25) is 0 Å². The zero-order valence-electron chi connectivity index (χ0n) is 25.1. The molecule has 234 valence electrons. The summed E-state index contributed by atoms with van der Waals surface area (Å²) < 4.78 is 41.1. The van der Waals surface area contributed by atoms with E-state index in [1.165, 1.54) is 5.01 Å². The molecule has 44 heavy (non-hydrogen) atoms. The highest BCUT2D eigenvalue weighted by Crippen LogP contribution is 2.33. The lowest BCUT2D eigenvalue weighted by Crippen LogP contribution is -2.44. The van der Waals surface area contributed by atoms with Crippen molar-refractivity contribution in [3.63, 3.8) is 0 Å². The lowest BCUT2D eigenvalue weighted by atomic mass is 10.1. The number of anilines is 3. The number of pyridine rings is 1. The molecule has 2 aliphatic heterocycles. The fourth-order valence-electron chi connectivity index (χ4n) is 5.57. The number of aromatic nitrogens is 1. The zero-order valence-corrected chi connectivity index (χ0v) is 25.1. The minimum Gasteiger partial charge on any atom is -0.397 e. The Balaban J connectivity index is 1.33. The average Bonchev–Trinajstić information content (AvgIpc) is 3.50. The Kier molecular flexibility index (Phi) is 9.42. The van der Waals surface area contributed by atoms with Gasteiger partial charge in [0.05, 0.1) is 28.8 Å². The van der Waals surface area contributed by atoms with Gasteiger partial charge in [-0.25, -0.2) is 5.84 Å². The Morgan fingerprint density at radius 1 is 1.00 bits per heavy atom. The second-order valence-electron chi connectivity index (χ2n) is 11.6. The first-order chi connectivity index (χ1) is 21.0. The number of carbonyl (C=O) groups is 1. The number of rotatable bonds is 8. The highest BCUT2D eigenvalue weighted by atomic mass is 19.4. The number of amides is 1. The van der Waals surface area contributed by atoms with Gasteiger partial charge >= 0.3 is 6.18 Å². The highest BCUT2D eigenvalue weighted by molar-refractivity contribution is 6.05. The predicted molar refractivity (Wildman–Crippen MR) is 168 cm³/mol. The summed E-state index contributed by atoms with van der Waals surface area (Å²) in [5.74, 6) is 5.85. The van der Waals surface area contributed by atoms with Crippen LogP contribution in [-0.2, 0) is 12.7 Å². The monoisotopic (exact) mass is 608 g/mol. The van der Waals surface area contributed by atoms with E-state index in [-0.39, 0.29) is 11.3 Å². The molecule has 2 aliphatic rings. The molecular formula is C32H39F3N8O. The van der Waals surface area contributed by atoms with Crippen molar-refractivity contribution in [2.24, 2.45) is 11.6 Å². The van der Waals surface area contributed by atoms with Gasteiger partial charge in [0.1, 0.15) is 0 Å².